The van der Waals surface area contributed by atoms with Gasteiger partial charge in [0.15, 0.2) is 0 Å². The molecule has 1 saturated heterocycles. The van der Waals surface area contributed by atoms with Crippen LogP contribution < -0.4 is 16.4 Å². The average molecular weight is 341 g/mol. The van der Waals surface area contributed by atoms with Crippen molar-refractivity contribution in [1.82, 2.24) is 10.2 Å². The number of primary amides is 1. The molecule has 1 aromatic rings. The molecule has 1 aliphatic rings. The van der Waals surface area contributed by atoms with Crippen molar-refractivity contribution in [2.24, 2.45) is 5.73 Å². The van der Waals surface area contributed by atoms with Crippen molar-refractivity contribution in [1.29, 1.82) is 0 Å². The summed E-state index contributed by atoms with van der Waals surface area (Å²) >= 11 is 3.36. The minimum absolute atomic E-state index is 0.415. The Kier molecular flexibility index (Phi) is 5.82. The fraction of sp³-hybridized carbons (Fsp3) is 0.500. The third kappa shape index (κ3) is 4.47. The van der Waals surface area contributed by atoms with Gasteiger partial charge < -0.3 is 21.3 Å². The highest BCUT2D eigenvalue weighted by atomic mass is 79.9. The Labute approximate surface area is 128 Å². The maximum absolute atomic E-state index is 11.1. The fourth-order valence-corrected chi connectivity index (χ4v) is 2.87. The highest BCUT2D eigenvalue weighted by molar-refractivity contribution is 9.10. The molecule has 1 fully saturated rings. The van der Waals surface area contributed by atoms with Crippen LogP contribution in [0.25, 0.3) is 0 Å². The second kappa shape index (κ2) is 7.61. The van der Waals surface area contributed by atoms with E-state index in [0.29, 0.717) is 5.56 Å². The van der Waals surface area contributed by atoms with Gasteiger partial charge in [0.05, 0.1) is 5.56 Å². The summed E-state index contributed by atoms with van der Waals surface area (Å²) in [5.74, 6) is -0.415. The molecule has 0 saturated carbocycles. The minimum Gasteiger partial charge on any atom is -0.385 e. The molecule has 1 aliphatic heterocycles. The molecule has 0 aliphatic carbocycles. The van der Waals surface area contributed by atoms with Gasteiger partial charge >= 0.3 is 0 Å². The molecule has 4 N–H and O–H groups in total. The molecule has 0 unspecified atom stereocenters. The monoisotopic (exact) mass is 340 g/mol. The van der Waals surface area contributed by atoms with Crippen molar-refractivity contribution >= 4 is 27.5 Å². The second-order valence-corrected chi connectivity index (χ2v) is 5.79. The van der Waals surface area contributed by atoms with Crippen LogP contribution in [-0.4, -0.2) is 50.1 Å². The summed E-state index contributed by atoms with van der Waals surface area (Å²) in [6.07, 6.45) is 1.11. The smallest absolute Gasteiger partial charge is 0.249 e. The molecule has 0 spiro atoms. The van der Waals surface area contributed by atoms with E-state index in [9.17, 15) is 4.79 Å². The van der Waals surface area contributed by atoms with E-state index in [1.807, 2.05) is 12.1 Å². The largest absolute Gasteiger partial charge is 0.385 e. The molecule has 0 aromatic heterocycles. The number of halogens is 1. The average Bonchev–Trinajstić information content (AvgIpc) is 2.44. The highest BCUT2D eigenvalue weighted by Gasteiger charge is 2.09. The van der Waals surface area contributed by atoms with Gasteiger partial charge in [-0.1, -0.05) is 0 Å². The summed E-state index contributed by atoms with van der Waals surface area (Å²) in [6, 6.07) is 5.52. The van der Waals surface area contributed by atoms with Crippen LogP contribution in [-0.2, 0) is 0 Å². The van der Waals surface area contributed by atoms with Crippen molar-refractivity contribution in [3.63, 3.8) is 0 Å². The summed E-state index contributed by atoms with van der Waals surface area (Å²) in [6.45, 7) is 6.50. The zero-order chi connectivity index (χ0) is 14.4. The van der Waals surface area contributed by atoms with Crippen molar-refractivity contribution in [3.8, 4) is 0 Å². The van der Waals surface area contributed by atoms with Gasteiger partial charge in [-0.05, 0) is 47.1 Å². The van der Waals surface area contributed by atoms with E-state index in [-0.39, 0.29) is 0 Å². The number of hydrogen-bond donors (Lipinski definition) is 3. The molecular weight excluding hydrogens is 320 g/mol. The summed E-state index contributed by atoms with van der Waals surface area (Å²) in [5.41, 5.74) is 6.78. The number of carbonyl (C=O) groups excluding carboxylic acids is 1. The van der Waals surface area contributed by atoms with Gasteiger partial charge in [0.1, 0.15) is 0 Å². The van der Waals surface area contributed by atoms with Crippen LogP contribution in [0.15, 0.2) is 22.7 Å². The molecule has 2 rings (SSSR count). The molecule has 0 radical (unpaired) electrons. The van der Waals surface area contributed by atoms with Crippen molar-refractivity contribution in [2.45, 2.75) is 6.42 Å². The number of rotatable bonds is 6. The lowest BCUT2D eigenvalue weighted by Crippen LogP contribution is -2.44. The quantitative estimate of drug-likeness (QED) is 0.682. The van der Waals surface area contributed by atoms with E-state index in [0.717, 1.165) is 55.8 Å². The highest BCUT2D eigenvalue weighted by Crippen LogP contribution is 2.21. The Morgan fingerprint density at radius 1 is 1.40 bits per heavy atom. The first kappa shape index (κ1) is 15.3. The van der Waals surface area contributed by atoms with E-state index in [1.165, 1.54) is 0 Å². The number of piperazine rings is 1. The number of nitrogens with two attached hydrogens (primary N) is 1. The predicted octanol–water partition coefficient (Wildman–Crippen LogP) is 1.26. The summed E-state index contributed by atoms with van der Waals surface area (Å²) < 4.78 is 0.733. The van der Waals surface area contributed by atoms with Crippen LogP contribution in [0, 0.1) is 0 Å². The Balaban J connectivity index is 1.73. The first-order valence-electron chi connectivity index (χ1n) is 6.93. The molecule has 0 bridgehead atoms. The van der Waals surface area contributed by atoms with E-state index < -0.39 is 5.91 Å². The third-order valence-electron chi connectivity index (χ3n) is 3.42. The number of anilines is 1. The first-order chi connectivity index (χ1) is 9.66. The third-order valence-corrected chi connectivity index (χ3v) is 4.08. The van der Waals surface area contributed by atoms with Gasteiger partial charge in [0.25, 0.3) is 0 Å². The molecule has 1 aromatic carbocycles. The number of carbonyl (C=O) groups is 1. The lowest BCUT2D eigenvalue weighted by atomic mass is 10.2. The van der Waals surface area contributed by atoms with Gasteiger partial charge in [-0.15, -0.1) is 0 Å². The topological polar surface area (TPSA) is 70.4 Å². The fourth-order valence-electron chi connectivity index (χ4n) is 2.30. The summed E-state index contributed by atoms with van der Waals surface area (Å²) in [5, 5.41) is 6.72. The molecule has 20 heavy (non-hydrogen) atoms. The number of nitrogens with zero attached hydrogens (tertiary/aromatic N) is 1. The van der Waals surface area contributed by atoms with Crippen LogP contribution in [0.4, 0.5) is 5.69 Å². The van der Waals surface area contributed by atoms with Crippen LogP contribution in [0.1, 0.15) is 16.8 Å². The molecule has 5 nitrogen and oxygen atoms in total. The lowest BCUT2D eigenvalue weighted by Gasteiger charge is -2.27. The molecule has 110 valence electrons. The summed E-state index contributed by atoms with van der Waals surface area (Å²) in [4.78, 5) is 13.6. The van der Waals surface area contributed by atoms with E-state index in [4.69, 9.17) is 5.73 Å². The number of nitrogens with one attached hydrogen (secondary N) is 2. The lowest BCUT2D eigenvalue weighted by molar-refractivity contribution is 0.0999. The molecular formula is C14H21BrN4O. The van der Waals surface area contributed by atoms with Gasteiger partial charge in [-0.2, -0.15) is 0 Å². The standard InChI is InChI=1S/C14H21BrN4O/c15-13-10-11(2-3-12(13)14(16)20)18-4-1-7-19-8-5-17-6-9-19/h2-3,10,17-18H,1,4-9H2,(H2,16,20). The SMILES string of the molecule is NC(=O)c1ccc(NCCCN2CCNCC2)cc1Br. The maximum atomic E-state index is 11.1. The van der Waals surface area contributed by atoms with Crippen LogP contribution >= 0.6 is 15.9 Å². The van der Waals surface area contributed by atoms with E-state index >= 15 is 0 Å². The zero-order valence-electron chi connectivity index (χ0n) is 11.5. The Morgan fingerprint density at radius 2 is 2.15 bits per heavy atom. The molecule has 0 atom stereocenters. The maximum Gasteiger partial charge on any atom is 0.249 e. The van der Waals surface area contributed by atoms with Crippen LogP contribution in [0.2, 0.25) is 0 Å². The number of amides is 1. The Hall–Kier alpha value is -1.11. The molecule has 6 heteroatoms. The second-order valence-electron chi connectivity index (χ2n) is 4.93. The van der Waals surface area contributed by atoms with Crippen LogP contribution in [0.3, 0.4) is 0 Å². The Morgan fingerprint density at radius 3 is 2.80 bits per heavy atom. The van der Waals surface area contributed by atoms with Gasteiger partial charge in [0.2, 0.25) is 5.91 Å². The van der Waals surface area contributed by atoms with Crippen molar-refractivity contribution in [3.05, 3.63) is 28.2 Å². The van der Waals surface area contributed by atoms with Crippen LogP contribution in [0.5, 0.6) is 0 Å². The van der Waals surface area contributed by atoms with Crippen molar-refractivity contribution in [2.75, 3.05) is 44.6 Å². The predicted molar refractivity (Wildman–Crippen MR) is 85.1 cm³/mol. The minimum atomic E-state index is -0.415. The first-order valence-corrected chi connectivity index (χ1v) is 7.72. The normalized spacial score (nSPS) is 16.1. The van der Waals surface area contributed by atoms with E-state index in [1.54, 1.807) is 6.07 Å². The van der Waals surface area contributed by atoms with Gasteiger partial charge in [-0.25, -0.2) is 0 Å². The summed E-state index contributed by atoms with van der Waals surface area (Å²) in [7, 11) is 0. The van der Waals surface area contributed by atoms with Gasteiger partial charge in [0, 0.05) is 42.9 Å². The number of hydrogen-bond acceptors (Lipinski definition) is 4. The zero-order valence-corrected chi connectivity index (χ0v) is 13.1. The molecule has 1 heterocycles. The van der Waals surface area contributed by atoms with Crippen molar-refractivity contribution < 1.29 is 4.79 Å². The number of benzene rings is 1. The van der Waals surface area contributed by atoms with Gasteiger partial charge in [-0.3, -0.25) is 4.79 Å². The molecule has 1 amide bonds. The Bertz CT molecular complexity index is 460. The van der Waals surface area contributed by atoms with E-state index in [2.05, 4.69) is 31.5 Å².